The van der Waals surface area contributed by atoms with Crippen LogP contribution in [0.15, 0.2) is 35.9 Å². The van der Waals surface area contributed by atoms with Gasteiger partial charge in [0.2, 0.25) is 0 Å². The van der Waals surface area contributed by atoms with Gasteiger partial charge in [0.1, 0.15) is 0 Å². The summed E-state index contributed by atoms with van der Waals surface area (Å²) in [4.78, 5) is 2.73. The van der Waals surface area contributed by atoms with Crippen LogP contribution in [0.2, 0.25) is 0 Å². The quantitative estimate of drug-likeness (QED) is 0.908. The highest BCUT2D eigenvalue weighted by molar-refractivity contribution is 5.85. The van der Waals surface area contributed by atoms with E-state index in [1.165, 1.54) is 43.5 Å². The molecule has 2 atom stereocenters. The van der Waals surface area contributed by atoms with E-state index in [0.717, 1.165) is 18.6 Å². The maximum Gasteiger partial charge on any atom is 0.0227 e. The largest absolute Gasteiger partial charge is 0.315 e. The molecule has 0 spiro atoms. The Hall–Kier alpha value is -0.540. The van der Waals surface area contributed by atoms with Crippen LogP contribution in [0.5, 0.6) is 0 Å². The molecule has 2 nitrogen and oxygen atoms in total. The number of benzene rings is 1. The second-order valence-corrected chi connectivity index (χ2v) is 5.95. The van der Waals surface area contributed by atoms with E-state index in [9.17, 15) is 0 Å². The number of fused-ring (bicyclic) bond motifs is 2. The molecule has 0 radical (unpaired) electrons. The van der Waals surface area contributed by atoms with Crippen LogP contribution >= 0.6 is 24.8 Å². The lowest BCUT2D eigenvalue weighted by atomic mass is 10.1. The molecule has 4 heteroatoms. The van der Waals surface area contributed by atoms with E-state index in [1.54, 1.807) is 0 Å². The van der Waals surface area contributed by atoms with Gasteiger partial charge in [-0.25, -0.2) is 0 Å². The van der Waals surface area contributed by atoms with Crippen molar-refractivity contribution in [3.05, 3.63) is 41.5 Å². The zero-order valence-electron chi connectivity index (χ0n) is 12.6. The summed E-state index contributed by atoms with van der Waals surface area (Å²) in [6, 6.07) is 12.2. The average molecular weight is 329 g/mol. The molecule has 0 aliphatic carbocycles. The number of rotatable bonds is 3. The van der Waals surface area contributed by atoms with Crippen molar-refractivity contribution in [3.8, 4) is 0 Å². The summed E-state index contributed by atoms with van der Waals surface area (Å²) in [5.41, 5.74) is 2.80. The Labute approximate surface area is 140 Å². The molecular formula is C17H26Cl2N2. The van der Waals surface area contributed by atoms with Crippen LogP contribution in [0.1, 0.15) is 31.7 Å². The molecule has 0 saturated carbocycles. The van der Waals surface area contributed by atoms with Gasteiger partial charge in [-0.2, -0.15) is 0 Å². The van der Waals surface area contributed by atoms with Gasteiger partial charge in [-0.15, -0.1) is 24.8 Å². The molecule has 2 heterocycles. The minimum absolute atomic E-state index is 0. The lowest BCUT2D eigenvalue weighted by Gasteiger charge is -2.27. The van der Waals surface area contributed by atoms with E-state index in [4.69, 9.17) is 0 Å². The molecule has 0 amide bonds. The summed E-state index contributed by atoms with van der Waals surface area (Å²) >= 11 is 0. The predicted molar refractivity (Wildman–Crippen MR) is 95.6 cm³/mol. The minimum Gasteiger partial charge on any atom is -0.315 e. The first-order valence-corrected chi connectivity index (χ1v) is 7.51. The van der Waals surface area contributed by atoms with E-state index in [2.05, 4.69) is 53.5 Å². The zero-order chi connectivity index (χ0) is 13.1. The molecule has 21 heavy (non-hydrogen) atoms. The third kappa shape index (κ3) is 4.72. The van der Waals surface area contributed by atoms with Crippen LogP contribution in [-0.4, -0.2) is 36.6 Å². The maximum absolute atomic E-state index is 3.57. The molecule has 1 N–H and O–H groups in total. The highest BCUT2D eigenvalue weighted by Crippen LogP contribution is 2.28. The zero-order valence-corrected chi connectivity index (χ0v) is 14.3. The molecule has 2 saturated heterocycles. The number of nitrogens with zero attached hydrogens (tertiary/aromatic N) is 1. The Morgan fingerprint density at radius 3 is 2.62 bits per heavy atom. The second-order valence-electron chi connectivity index (χ2n) is 5.95. The van der Waals surface area contributed by atoms with Crippen LogP contribution in [-0.2, 0) is 0 Å². The van der Waals surface area contributed by atoms with Gasteiger partial charge in [0.15, 0.2) is 0 Å². The molecule has 0 unspecified atom stereocenters. The monoisotopic (exact) mass is 328 g/mol. The number of hydrogen-bond donors (Lipinski definition) is 1. The molecule has 3 rings (SSSR count). The summed E-state index contributed by atoms with van der Waals surface area (Å²) in [6.45, 7) is 5.77. The van der Waals surface area contributed by atoms with Gasteiger partial charge < -0.3 is 5.32 Å². The van der Waals surface area contributed by atoms with Gasteiger partial charge in [-0.05, 0) is 38.3 Å². The lowest BCUT2D eigenvalue weighted by Crippen LogP contribution is -2.38. The van der Waals surface area contributed by atoms with E-state index in [-0.39, 0.29) is 24.8 Å². The highest BCUT2D eigenvalue weighted by Gasteiger charge is 2.34. The van der Waals surface area contributed by atoms with Gasteiger partial charge >= 0.3 is 0 Å². The number of hydrogen-bond acceptors (Lipinski definition) is 2. The molecule has 1 aromatic rings. The van der Waals surface area contributed by atoms with Gasteiger partial charge in [0, 0.05) is 25.2 Å². The van der Waals surface area contributed by atoms with Crippen molar-refractivity contribution >= 4 is 30.9 Å². The summed E-state index contributed by atoms with van der Waals surface area (Å²) in [5, 5.41) is 3.57. The van der Waals surface area contributed by atoms with Gasteiger partial charge in [-0.3, -0.25) is 4.90 Å². The highest BCUT2D eigenvalue weighted by atomic mass is 35.5. The van der Waals surface area contributed by atoms with E-state index < -0.39 is 0 Å². The smallest absolute Gasteiger partial charge is 0.0227 e. The fourth-order valence-corrected chi connectivity index (χ4v) is 3.51. The average Bonchev–Trinajstić information content (AvgIpc) is 2.64. The Bertz CT molecular complexity index is 433. The third-order valence-electron chi connectivity index (χ3n) is 4.45. The standard InChI is InChI=1S/C17H24N2.2ClH/c1-14(11-15-5-3-2-4-6-15)13-19-16-7-8-17(19)12-18-10-9-16;;/h2-6,11,16-18H,7-10,12-13H2,1H3;2*1H/t16-,17+;;/m1../s1. The number of nitrogens with one attached hydrogen (secondary N) is 1. The van der Waals surface area contributed by atoms with Gasteiger partial charge in [0.05, 0.1) is 0 Å². The van der Waals surface area contributed by atoms with E-state index in [1.807, 2.05) is 0 Å². The first-order valence-electron chi connectivity index (χ1n) is 7.51. The second kappa shape index (κ2) is 8.79. The van der Waals surface area contributed by atoms with Crippen LogP contribution in [0.3, 0.4) is 0 Å². The van der Waals surface area contributed by atoms with Crippen molar-refractivity contribution in [1.29, 1.82) is 0 Å². The Balaban J connectivity index is 0.00000110. The summed E-state index contributed by atoms with van der Waals surface area (Å²) < 4.78 is 0. The van der Waals surface area contributed by atoms with Gasteiger partial charge in [-0.1, -0.05) is 42.0 Å². The third-order valence-corrected chi connectivity index (χ3v) is 4.45. The van der Waals surface area contributed by atoms with Crippen LogP contribution in [0.4, 0.5) is 0 Å². The molecule has 2 aliphatic heterocycles. The maximum atomic E-state index is 3.57. The normalized spacial score (nSPS) is 25.7. The predicted octanol–water partition coefficient (Wildman–Crippen LogP) is 3.76. The van der Waals surface area contributed by atoms with Crippen molar-refractivity contribution in [2.75, 3.05) is 19.6 Å². The van der Waals surface area contributed by atoms with Crippen LogP contribution in [0, 0.1) is 0 Å². The van der Waals surface area contributed by atoms with Crippen LogP contribution < -0.4 is 5.32 Å². The topological polar surface area (TPSA) is 15.3 Å². The summed E-state index contributed by atoms with van der Waals surface area (Å²) in [5.74, 6) is 0. The Morgan fingerprint density at radius 2 is 1.86 bits per heavy atom. The molecular weight excluding hydrogens is 303 g/mol. The minimum atomic E-state index is 0. The van der Waals surface area contributed by atoms with Gasteiger partial charge in [0.25, 0.3) is 0 Å². The lowest BCUT2D eigenvalue weighted by molar-refractivity contribution is 0.221. The van der Waals surface area contributed by atoms with E-state index >= 15 is 0 Å². The molecule has 2 aliphatic rings. The van der Waals surface area contributed by atoms with Crippen molar-refractivity contribution in [1.82, 2.24) is 10.2 Å². The van der Waals surface area contributed by atoms with Crippen molar-refractivity contribution in [2.24, 2.45) is 0 Å². The Kier molecular flexibility index (Phi) is 7.75. The van der Waals surface area contributed by atoms with Crippen molar-refractivity contribution in [3.63, 3.8) is 0 Å². The van der Waals surface area contributed by atoms with Crippen molar-refractivity contribution < 1.29 is 0 Å². The first-order chi connectivity index (χ1) is 9.33. The fourth-order valence-electron chi connectivity index (χ4n) is 3.51. The SMILES string of the molecule is CC(=Cc1ccccc1)CN1[C@H]2CCNC[C@@H]1CC2.Cl.Cl. The molecule has 2 fully saturated rings. The molecule has 0 aromatic heterocycles. The Morgan fingerprint density at radius 1 is 1.14 bits per heavy atom. The van der Waals surface area contributed by atoms with Crippen LogP contribution in [0.25, 0.3) is 6.08 Å². The summed E-state index contributed by atoms with van der Waals surface area (Å²) in [6.07, 6.45) is 6.41. The molecule has 2 bridgehead atoms. The molecule has 1 aromatic carbocycles. The fraction of sp³-hybridized carbons (Fsp3) is 0.529. The van der Waals surface area contributed by atoms with Crippen molar-refractivity contribution in [2.45, 2.75) is 38.3 Å². The molecule has 118 valence electrons. The summed E-state index contributed by atoms with van der Waals surface area (Å²) in [7, 11) is 0. The number of halogens is 2. The van der Waals surface area contributed by atoms with E-state index in [0.29, 0.717) is 0 Å². The first kappa shape index (κ1) is 18.5.